The van der Waals surface area contributed by atoms with Gasteiger partial charge in [0, 0.05) is 6.20 Å². The van der Waals surface area contributed by atoms with Crippen LogP contribution in [0.4, 0.5) is 0 Å². The van der Waals surface area contributed by atoms with Gasteiger partial charge in [0.1, 0.15) is 11.6 Å². The molecule has 3 heteroatoms. The molecule has 0 amide bonds. The molecule has 0 aliphatic rings. The van der Waals surface area contributed by atoms with Crippen LogP contribution in [0.15, 0.2) is 12.3 Å². The van der Waals surface area contributed by atoms with Crippen LogP contribution in [0.25, 0.3) is 0 Å². The molecule has 0 atom stereocenters. The lowest BCUT2D eigenvalue weighted by molar-refractivity contribution is 0.235. The highest BCUT2D eigenvalue weighted by atomic mass is 16.5. The quantitative estimate of drug-likeness (QED) is 0.783. The number of nitrogens with zero attached hydrogens (tertiary/aromatic N) is 2. The van der Waals surface area contributed by atoms with Crippen molar-refractivity contribution in [2.45, 2.75) is 34.1 Å². The van der Waals surface area contributed by atoms with E-state index in [-0.39, 0.29) is 5.41 Å². The number of hydrogen-bond donors (Lipinski definition) is 0. The van der Waals surface area contributed by atoms with Gasteiger partial charge in [0.05, 0.1) is 6.61 Å². The second-order valence-electron chi connectivity index (χ2n) is 5.08. The third-order valence-electron chi connectivity index (χ3n) is 2.33. The third kappa shape index (κ3) is 3.54. The van der Waals surface area contributed by atoms with Crippen LogP contribution in [-0.2, 0) is 0 Å². The average Bonchev–Trinajstić information content (AvgIpc) is 2.16. The molecule has 3 nitrogen and oxygen atoms in total. The first-order chi connectivity index (χ1) is 7.44. The first-order valence-corrected chi connectivity index (χ1v) is 5.42. The second kappa shape index (κ2) is 4.98. The molecule has 1 heterocycles. The van der Waals surface area contributed by atoms with Crippen LogP contribution in [-0.4, -0.2) is 11.6 Å². The van der Waals surface area contributed by atoms with Crippen molar-refractivity contribution in [3.8, 4) is 11.9 Å². The smallest absolute Gasteiger partial charge is 0.231 e. The Balaban J connectivity index is 2.68. The summed E-state index contributed by atoms with van der Waals surface area (Å²) < 4.78 is 5.55. The van der Waals surface area contributed by atoms with Crippen molar-refractivity contribution in [2.24, 2.45) is 5.41 Å². The molecule has 86 valence electrons. The molecule has 0 fully saturated rings. The van der Waals surface area contributed by atoms with Crippen LogP contribution < -0.4 is 4.74 Å². The van der Waals surface area contributed by atoms with E-state index in [1.54, 1.807) is 6.20 Å². The summed E-state index contributed by atoms with van der Waals surface area (Å²) in [4.78, 5) is 4.09. The normalized spacial score (nSPS) is 10.9. The Bertz CT molecular complexity index is 399. The van der Waals surface area contributed by atoms with E-state index in [1.807, 2.05) is 13.0 Å². The Morgan fingerprint density at radius 3 is 2.69 bits per heavy atom. The van der Waals surface area contributed by atoms with Gasteiger partial charge in [-0.1, -0.05) is 20.8 Å². The molecule has 1 aromatic heterocycles. The Morgan fingerprint density at radius 2 is 2.12 bits per heavy atom. The molecule has 0 N–H and O–H groups in total. The fraction of sp³-hybridized carbons (Fsp3) is 0.538. The van der Waals surface area contributed by atoms with Gasteiger partial charge in [-0.25, -0.2) is 4.98 Å². The highest BCUT2D eigenvalue weighted by molar-refractivity contribution is 5.43. The van der Waals surface area contributed by atoms with Gasteiger partial charge in [0.25, 0.3) is 0 Å². The summed E-state index contributed by atoms with van der Waals surface area (Å²) in [6.45, 7) is 8.95. The molecule has 16 heavy (non-hydrogen) atoms. The molecule has 0 aliphatic carbocycles. The van der Waals surface area contributed by atoms with Crippen LogP contribution in [0.3, 0.4) is 0 Å². The second-order valence-corrected chi connectivity index (χ2v) is 5.08. The van der Waals surface area contributed by atoms with Crippen molar-refractivity contribution in [3.05, 3.63) is 23.4 Å². The number of nitriles is 1. The average molecular weight is 218 g/mol. The van der Waals surface area contributed by atoms with E-state index in [0.717, 1.165) is 12.0 Å². The summed E-state index contributed by atoms with van der Waals surface area (Å²) in [5.74, 6) is 0.451. The molecule has 1 rings (SSSR count). The highest BCUT2D eigenvalue weighted by Crippen LogP contribution is 2.21. The maximum absolute atomic E-state index is 8.99. The molecule has 1 aromatic rings. The zero-order chi connectivity index (χ0) is 12.2. The Hall–Kier alpha value is -1.56. The van der Waals surface area contributed by atoms with Gasteiger partial charge in [-0.15, -0.1) is 0 Å². The minimum absolute atomic E-state index is 0.233. The zero-order valence-electron chi connectivity index (χ0n) is 10.4. The predicted molar refractivity (Wildman–Crippen MR) is 63.3 cm³/mol. The van der Waals surface area contributed by atoms with E-state index in [0.29, 0.717) is 18.1 Å². The van der Waals surface area contributed by atoms with Gasteiger partial charge in [0.2, 0.25) is 5.88 Å². The lowest BCUT2D eigenvalue weighted by Crippen LogP contribution is -2.12. The van der Waals surface area contributed by atoms with Gasteiger partial charge < -0.3 is 4.74 Å². The highest BCUT2D eigenvalue weighted by Gasteiger charge is 2.12. The van der Waals surface area contributed by atoms with E-state index >= 15 is 0 Å². The Labute approximate surface area is 97.1 Å². The van der Waals surface area contributed by atoms with E-state index in [4.69, 9.17) is 10.00 Å². The van der Waals surface area contributed by atoms with Gasteiger partial charge in [0.15, 0.2) is 0 Å². The SMILES string of the molecule is Cc1ccnc(OCCC(C)(C)C)c1C#N. The van der Waals surface area contributed by atoms with Crippen molar-refractivity contribution < 1.29 is 4.74 Å². The Morgan fingerprint density at radius 1 is 1.44 bits per heavy atom. The van der Waals surface area contributed by atoms with E-state index in [2.05, 4.69) is 31.8 Å². The lowest BCUT2D eigenvalue weighted by Gasteiger charge is -2.18. The maximum atomic E-state index is 8.99. The summed E-state index contributed by atoms with van der Waals surface area (Å²) in [6, 6.07) is 3.94. The topological polar surface area (TPSA) is 45.9 Å². The number of aromatic nitrogens is 1. The first kappa shape index (κ1) is 12.5. The number of pyridine rings is 1. The van der Waals surface area contributed by atoms with Crippen LogP contribution in [0.1, 0.15) is 38.3 Å². The van der Waals surface area contributed by atoms with Gasteiger partial charge in [-0.3, -0.25) is 0 Å². The van der Waals surface area contributed by atoms with Crippen molar-refractivity contribution in [2.75, 3.05) is 6.61 Å². The monoisotopic (exact) mass is 218 g/mol. The van der Waals surface area contributed by atoms with Crippen LogP contribution in [0, 0.1) is 23.7 Å². The summed E-state index contributed by atoms with van der Waals surface area (Å²) >= 11 is 0. The number of aryl methyl sites for hydroxylation is 1. The lowest BCUT2D eigenvalue weighted by atomic mass is 9.93. The molecular weight excluding hydrogens is 200 g/mol. The summed E-state index contributed by atoms with van der Waals surface area (Å²) in [7, 11) is 0. The number of ether oxygens (including phenoxy) is 1. The zero-order valence-corrected chi connectivity index (χ0v) is 10.4. The fourth-order valence-corrected chi connectivity index (χ4v) is 1.23. The minimum Gasteiger partial charge on any atom is -0.477 e. The standard InChI is InChI=1S/C13H18N2O/c1-10-5-7-15-12(11(10)9-14)16-8-6-13(2,3)4/h5,7H,6,8H2,1-4H3. The predicted octanol–water partition coefficient (Wildman–Crippen LogP) is 3.08. The molecule has 0 radical (unpaired) electrons. The minimum atomic E-state index is 0.233. The molecule has 0 aliphatic heterocycles. The van der Waals surface area contributed by atoms with Gasteiger partial charge >= 0.3 is 0 Å². The van der Waals surface area contributed by atoms with E-state index in [9.17, 15) is 0 Å². The van der Waals surface area contributed by atoms with E-state index < -0.39 is 0 Å². The molecule has 0 aromatic carbocycles. The largest absolute Gasteiger partial charge is 0.477 e. The first-order valence-electron chi connectivity index (χ1n) is 5.42. The van der Waals surface area contributed by atoms with Crippen molar-refractivity contribution in [1.82, 2.24) is 4.98 Å². The number of rotatable bonds is 3. The van der Waals surface area contributed by atoms with Crippen LogP contribution >= 0.6 is 0 Å². The van der Waals surface area contributed by atoms with Gasteiger partial charge in [-0.2, -0.15) is 5.26 Å². The molecule has 0 spiro atoms. The summed E-state index contributed by atoms with van der Waals surface area (Å²) in [5, 5.41) is 8.99. The van der Waals surface area contributed by atoms with Crippen LogP contribution in [0.5, 0.6) is 5.88 Å². The van der Waals surface area contributed by atoms with Gasteiger partial charge in [-0.05, 0) is 30.4 Å². The molecule has 0 saturated heterocycles. The third-order valence-corrected chi connectivity index (χ3v) is 2.33. The Kier molecular flexibility index (Phi) is 3.89. The van der Waals surface area contributed by atoms with Crippen molar-refractivity contribution >= 4 is 0 Å². The number of hydrogen-bond acceptors (Lipinski definition) is 3. The summed E-state index contributed by atoms with van der Waals surface area (Å²) in [6.07, 6.45) is 2.61. The van der Waals surface area contributed by atoms with E-state index in [1.165, 1.54) is 0 Å². The van der Waals surface area contributed by atoms with Crippen LogP contribution in [0.2, 0.25) is 0 Å². The molecule has 0 bridgehead atoms. The molecular formula is C13H18N2O. The van der Waals surface area contributed by atoms with Crippen molar-refractivity contribution in [3.63, 3.8) is 0 Å². The summed E-state index contributed by atoms with van der Waals surface area (Å²) in [5.41, 5.74) is 1.68. The fourth-order valence-electron chi connectivity index (χ4n) is 1.23. The molecule has 0 saturated carbocycles. The maximum Gasteiger partial charge on any atom is 0.231 e. The molecule has 0 unspecified atom stereocenters. The van der Waals surface area contributed by atoms with Crippen molar-refractivity contribution in [1.29, 1.82) is 5.26 Å².